The van der Waals surface area contributed by atoms with E-state index >= 15 is 0 Å². The molecule has 1 aliphatic carbocycles. The van der Waals surface area contributed by atoms with Crippen molar-refractivity contribution in [3.8, 4) is 0 Å². The number of hydrogen-bond donors (Lipinski definition) is 0. The predicted molar refractivity (Wildman–Crippen MR) is 83.3 cm³/mol. The maximum Gasteiger partial charge on any atom is 0.321 e. The van der Waals surface area contributed by atoms with E-state index in [0.29, 0.717) is 11.8 Å². The number of hydrogen-bond acceptors (Lipinski definition) is 3. The molecule has 0 bridgehead atoms. The summed E-state index contributed by atoms with van der Waals surface area (Å²) in [6.45, 7) is 6.55. The van der Waals surface area contributed by atoms with Gasteiger partial charge in [0.25, 0.3) is 0 Å². The van der Waals surface area contributed by atoms with Gasteiger partial charge in [-0.05, 0) is 45.2 Å². The van der Waals surface area contributed by atoms with Gasteiger partial charge in [-0.1, -0.05) is 6.42 Å². The molecule has 3 fully saturated rings. The number of rotatable bonds is 2. The summed E-state index contributed by atoms with van der Waals surface area (Å²) < 4.78 is 2.48. The van der Waals surface area contributed by atoms with Crippen molar-refractivity contribution < 1.29 is 4.79 Å². The maximum atomic E-state index is 12.7. The summed E-state index contributed by atoms with van der Waals surface area (Å²) in [6, 6.07) is 0.832. The molecular formula is C15H28AlN3O. The summed E-state index contributed by atoms with van der Waals surface area (Å²) in [6.07, 6.45) is 7.51. The Balaban J connectivity index is 1.50. The van der Waals surface area contributed by atoms with Crippen LogP contribution in [0.15, 0.2) is 0 Å². The zero-order chi connectivity index (χ0) is 13.9. The van der Waals surface area contributed by atoms with Crippen LogP contribution in [-0.4, -0.2) is 81.4 Å². The van der Waals surface area contributed by atoms with E-state index in [9.17, 15) is 4.79 Å². The van der Waals surface area contributed by atoms with E-state index in [4.69, 9.17) is 0 Å². The first kappa shape index (κ1) is 14.8. The van der Waals surface area contributed by atoms with Crippen LogP contribution in [0.25, 0.3) is 0 Å². The van der Waals surface area contributed by atoms with Gasteiger partial charge in [-0.25, -0.2) is 0 Å². The third-order valence-corrected chi connectivity index (χ3v) is 6.40. The highest BCUT2D eigenvalue weighted by Gasteiger charge is 2.31. The minimum absolute atomic E-state index is 0.315. The first-order chi connectivity index (χ1) is 9.74. The van der Waals surface area contributed by atoms with Crippen LogP contribution < -0.4 is 0 Å². The van der Waals surface area contributed by atoms with Gasteiger partial charge in [0.1, 0.15) is 0 Å². The van der Waals surface area contributed by atoms with Gasteiger partial charge < -0.3 is 8.78 Å². The molecule has 3 rings (SSSR count). The quantitative estimate of drug-likeness (QED) is 0.687. The normalized spacial score (nSPS) is 28.1. The fraction of sp³-hybridized carbons (Fsp3) is 0.933. The van der Waals surface area contributed by atoms with Gasteiger partial charge in [0.05, 0.1) is 0 Å². The molecule has 0 unspecified atom stereocenters. The van der Waals surface area contributed by atoms with Gasteiger partial charge in [0.2, 0.25) is 5.91 Å². The zero-order valence-electron chi connectivity index (χ0n) is 12.9. The fourth-order valence-corrected chi connectivity index (χ4v) is 4.30. The standard InChI is InChI=1S/C15H26N3O.Al.2H/c19-15(13-5-7-16-8-6-13)18-10-2-9-17(11-12-18)14-3-1-4-14;;;/h13-14H,1-12H2;;;/q-1;+1;;. The molecule has 112 valence electrons. The lowest BCUT2D eigenvalue weighted by Gasteiger charge is -2.37. The minimum Gasteiger partial charge on any atom is -0.390 e. The van der Waals surface area contributed by atoms with Crippen molar-refractivity contribution in [2.24, 2.45) is 5.92 Å². The minimum atomic E-state index is 0.315. The smallest absolute Gasteiger partial charge is 0.321 e. The molecule has 2 aliphatic heterocycles. The van der Waals surface area contributed by atoms with E-state index in [0.717, 1.165) is 68.1 Å². The summed E-state index contributed by atoms with van der Waals surface area (Å²) in [5.41, 5.74) is 0. The third kappa shape index (κ3) is 3.39. The zero-order valence-corrected chi connectivity index (χ0v) is 14.9. The number of amides is 1. The Morgan fingerprint density at radius 2 is 1.60 bits per heavy atom. The molecule has 3 aliphatic rings. The highest BCUT2D eigenvalue weighted by Crippen LogP contribution is 2.26. The Kier molecular flexibility index (Phi) is 5.04. The van der Waals surface area contributed by atoms with E-state index in [-0.39, 0.29) is 0 Å². The SMILES string of the molecule is O=C(C1CC[N]([AlH2])CC1)N1CCCN(C2CCC2)CC1. The summed E-state index contributed by atoms with van der Waals surface area (Å²) in [4.78, 5) is 17.5. The number of nitrogens with zero attached hydrogens (tertiary/aromatic N) is 3. The molecule has 0 aromatic carbocycles. The van der Waals surface area contributed by atoms with Gasteiger partial charge in [0.15, 0.2) is 0 Å². The van der Waals surface area contributed by atoms with Crippen molar-refractivity contribution in [2.75, 3.05) is 39.3 Å². The first-order valence-corrected chi connectivity index (χ1v) is 9.35. The van der Waals surface area contributed by atoms with Crippen LogP contribution >= 0.6 is 0 Å². The van der Waals surface area contributed by atoms with Crippen LogP contribution in [0.5, 0.6) is 0 Å². The van der Waals surface area contributed by atoms with Gasteiger partial charge >= 0.3 is 16.5 Å². The Labute approximate surface area is 131 Å². The van der Waals surface area contributed by atoms with E-state index in [1.165, 1.54) is 32.2 Å². The van der Waals surface area contributed by atoms with Crippen LogP contribution in [0, 0.1) is 5.92 Å². The second-order valence-electron chi connectivity index (χ2n) is 6.88. The van der Waals surface area contributed by atoms with Crippen LogP contribution in [0.2, 0.25) is 0 Å². The molecule has 2 heterocycles. The van der Waals surface area contributed by atoms with E-state index in [2.05, 4.69) is 13.7 Å². The molecule has 0 atom stereocenters. The van der Waals surface area contributed by atoms with Crippen molar-refractivity contribution in [2.45, 2.75) is 44.6 Å². The van der Waals surface area contributed by atoms with Gasteiger partial charge in [0, 0.05) is 38.1 Å². The Bertz CT molecular complexity index is 340. The molecule has 0 radical (unpaired) electrons. The summed E-state index contributed by atoms with van der Waals surface area (Å²) in [7, 11) is 0. The Hall–Kier alpha value is -0.0775. The average molecular weight is 293 g/mol. The number of carbonyl (C=O) groups excluding carboxylic acids is 1. The van der Waals surface area contributed by atoms with Gasteiger partial charge in [-0.15, -0.1) is 0 Å². The Morgan fingerprint density at radius 3 is 2.25 bits per heavy atom. The van der Waals surface area contributed by atoms with Crippen molar-refractivity contribution in [1.82, 2.24) is 13.7 Å². The number of piperidine rings is 1. The fourth-order valence-electron chi connectivity index (χ4n) is 3.79. The average Bonchev–Trinajstić information content (AvgIpc) is 2.63. The van der Waals surface area contributed by atoms with Crippen LogP contribution in [0.1, 0.15) is 38.5 Å². The second-order valence-corrected chi connectivity index (χ2v) is 8.14. The van der Waals surface area contributed by atoms with Crippen molar-refractivity contribution in [1.29, 1.82) is 0 Å². The third-order valence-electron chi connectivity index (χ3n) is 5.50. The summed E-state index contributed by atoms with van der Waals surface area (Å²) in [5, 5.41) is 0. The molecule has 0 N–H and O–H groups in total. The van der Waals surface area contributed by atoms with Crippen molar-refractivity contribution in [3.05, 3.63) is 0 Å². The van der Waals surface area contributed by atoms with Crippen LogP contribution in [0.4, 0.5) is 0 Å². The number of carbonyl (C=O) groups is 1. The summed E-state index contributed by atoms with van der Waals surface area (Å²) >= 11 is 1.15. The van der Waals surface area contributed by atoms with Crippen molar-refractivity contribution in [3.63, 3.8) is 0 Å². The highest BCUT2D eigenvalue weighted by molar-refractivity contribution is 6.04. The largest absolute Gasteiger partial charge is 0.390 e. The lowest BCUT2D eigenvalue weighted by Crippen LogP contribution is -2.45. The van der Waals surface area contributed by atoms with Crippen molar-refractivity contribution >= 4 is 22.4 Å². The molecular weight excluding hydrogens is 265 g/mol. The maximum absolute atomic E-state index is 12.7. The van der Waals surface area contributed by atoms with Crippen LogP contribution in [0.3, 0.4) is 0 Å². The molecule has 1 amide bonds. The first-order valence-electron chi connectivity index (χ1n) is 8.45. The van der Waals surface area contributed by atoms with Gasteiger partial charge in [-0.3, -0.25) is 9.69 Å². The van der Waals surface area contributed by atoms with Crippen LogP contribution in [-0.2, 0) is 4.79 Å². The van der Waals surface area contributed by atoms with E-state index in [1.807, 2.05) is 0 Å². The van der Waals surface area contributed by atoms with E-state index < -0.39 is 0 Å². The highest BCUT2D eigenvalue weighted by atomic mass is 27.1. The topological polar surface area (TPSA) is 26.8 Å². The van der Waals surface area contributed by atoms with Gasteiger partial charge in [-0.2, -0.15) is 0 Å². The monoisotopic (exact) mass is 293 g/mol. The molecule has 0 aromatic rings. The van der Waals surface area contributed by atoms with E-state index in [1.54, 1.807) is 0 Å². The molecule has 5 heteroatoms. The predicted octanol–water partition coefficient (Wildman–Crippen LogP) is 0.333. The Morgan fingerprint density at radius 1 is 0.850 bits per heavy atom. The molecule has 0 aromatic heterocycles. The summed E-state index contributed by atoms with van der Waals surface area (Å²) in [5.74, 6) is 0.769. The molecule has 20 heavy (non-hydrogen) atoms. The second kappa shape index (κ2) is 6.79. The molecule has 2 saturated heterocycles. The molecule has 1 saturated carbocycles. The molecule has 0 spiro atoms. The lowest BCUT2D eigenvalue weighted by molar-refractivity contribution is -0.136. The lowest BCUT2D eigenvalue weighted by atomic mass is 9.91. The molecule has 4 nitrogen and oxygen atoms in total.